The van der Waals surface area contributed by atoms with Crippen LogP contribution in [0.1, 0.15) is 15.9 Å². The van der Waals surface area contributed by atoms with Crippen LogP contribution in [0.25, 0.3) is 0 Å². The van der Waals surface area contributed by atoms with E-state index in [4.69, 9.17) is 22.1 Å². The van der Waals surface area contributed by atoms with Gasteiger partial charge in [-0.25, -0.2) is 0 Å². The second-order valence-corrected chi connectivity index (χ2v) is 5.76. The van der Waals surface area contributed by atoms with E-state index in [0.717, 1.165) is 10.0 Å². The molecule has 0 aliphatic heterocycles. The van der Waals surface area contributed by atoms with Crippen molar-refractivity contribution in [2.24, 2.45) is 0 Å². The van der Waals surface area contributed by atoms with Crippen molar-refractivity contribution >= 4 is 44.8 Å². The highest BCUT2D eigenvalue weighted by molar-refractivity contribution is 9.10. The summed E-state index contributed by atoms with van der Waals surface area (Å²) in [5.74, 6) is 0.120. The Morgan fingerprint density at radius 1 is 1.33 bits per heavy atom. The Labute approximate surface area is 136 Å². The molecule has 0 aliphatic rings. The number of rotatable bonds is 3. The van der Waals surface area contributed by atoms with E-state index in [1.54, 1.807) is 24.3 Å². The molecule has 21 heavy (non-hydrogen) atoms. The number of aryl methyl sites for hydroxylation is 1. The summed E-state index contributed by atoms with van der Waals surface area (Å²) in [5.41, 5.74) is 8.12. The Hall–Kier alpha value is -1.72. The van der Waals surface area contributed by atoms with Crippen LogP contribution in [0.4, 0.5) is 11.4 Å². The third-order valence-electron chi connectivity index (χ3n) is 2.97. The van der Waals surface area contributed by atoms with Gasteiger partial charge in [0.2, 0.25) is 0 Å². The van der Waals surface area contributed by atoms with Crippen LogP contribution in [-0.4, -0.2) is 13.0 Å². The zero-order chi connectivity index (χ0) is 15.6. The summed E-state index contributed by atoms with van der Waals surface area (Å²) >= 11 is 9.49. The first-order chi connectivity index (χ1) is 9.92. The fourth-order valence-electron chi connectivity index (χ4n) is 1.83. The quantitative estimate of drug-likeness (QED) is 0.795. The van der Waals surface area contributed by atoms with Crippen molar-refractivity contribution in [2.75, 3.05) is 18.2 Å². The monoisotopic (exact) mass is 368 g/mol. The summed E-state index contributed by atoms with van der Waals surface area (Å²) in [6.07, 6.45) is 0. The van der Waals surface area contributed by atoms with Gasteiger partial charge in [0.25, 0.3) is 5.91 Å². The van der Waals surface area contributed by atoms with E-state index >= 15 is 0 Å². The zero-order valence-electron chi connectivity index (χ0n) is 11.5. The minimum atomic E-state index is -0.299. The highest BCUT2D eigenvalue weighted by atomic mass is 79.9. The standard InChI is InChI=1S/C15H14BrClN2O2/c1-8-5-11(16)13(7-12(8)17)19-15(20)10-4-3-9(18)6-14(10)21-2/h3-7H,18H2,1-2H3,(H,19,20). The van der Waals surface area contributed by atoms with E-state index in [2.05, 4.69) is 21.2 Å². The fraction of sp³-hybridized carbons (Fsp3) is 0.133. The summed E-state index contributed by atoms with van der Waals surface area (Å²) in [7, 11) is 1.49. The fourth-order valence-corrected chi connectivity index (χ4v) is 2.55. The number of hydrogen-bond acceptors (Lipinski definition) is 3. The Morgan fingerprint density at radius 3 is 2.71 bits per heavy atom. The molecule has 3 N–H and O–H groups in total. The van der Waals surface area contributed by atoms with Gasteiger partial charge in [-0.2, -0.15) is 0 Å². The lowest BCUT2D eigenvalue weighted by Gasteiger charge is -2.12. The molecule has 110 valence electrons. The number of benzene rings is 2. The lowest BCUT2D eigenvalue weighted by molar-refractivity contribution is 0.102. The Kier molecular flexibility index (Phi) is 4.75. The maximum atomic E-state index is 12.4. The molecule has 2 rings (SSSR count). The number of carbonyl (C=O) groups is 1. The highest BCUT2D eigenvalue weighted by Crippen LogP contribution is 2.30. The van der Waals surface area contributed by atoms with Crippen LogP contribution < -0.4 is 15.8 Å². The number of nitrogens with two attached hydrogens (primary N) is 1. The first kappa shape index (κ1) is 15.7. The van der Waals surface area contributed by atoms with Crippen LogP contribution in [0.2, 0.25) is 5.02 Å². The van der Waals surface area contributed by atoms with Crippen LogP contribution in [-0.2, 0) is 0 Å². The highest BCUT2D eigenvalue weighted by Gasteiger charge is 2.14. The van der Waals surface area contributed by atoms with Gasteiger partial charge < -0.3 is 15.8 Å². The zero-order valence-corrected chi connectivity index (χ0v) is 13.9. The minimum Gasteiger partial charge on any atom is -0.496 e. The van der Waals surface area contributed by atoms with Crippen LogP contribution >= 0.6 is 27.5 Å². The number of nitrogens with one attached hydrogen (secondary N) is 1. The van der Waals surface area contributed by atoms with Crippen molar-refractivity contribution in [1.29, 1.82) is 0 Å². The van der Waals surface area contributed by atoms with Crippen LogP contribution in [0.5, 0.6) is 5.75 Å². The van der Waals surface area contributed by atoms with Crippen molar-refractivity contribution < 1.29 is 9.53 Å². The number of amides is 1. The number of methoxy groups -OCH3 is 1. The molecule has 0 atom stereocenters. The van der Waals surface area contributed by atoms with Gasteiger partial charge in [-0.1, -0.05) is 11.6 Å². The van der Waals surface area contributed by atoms with Gasteiger partial charge in [-0.3, -0.25) is 4.79 Å². The number of ether oxygens (including phenoxy) is 1. The summed E-state index contributed by atoms with van der Waals surface area (Å²) in [6, 6.07) is 8.41. The second-order valence-electron chi connectivity index (χ2n) is 4.50. The van der Waals surface area contributed by atoms with Gasteiger partial charge in [0, 0.05) is 21.2 Å². The van der Waals surface area contributed by atoms with E-state index in [1.807, 2.05) is 13.0 Å². The SMILES string of the molecule is COc1cc(N)ccc1C(=O)Nc1cc(Cl)c(C)cc1Br. The van der Waals surface area contributed by atoms with E-state index in [-0.39, 0.29) is 5.91 Å². The van der Waals surface area contributed by atoms with E-state index in [1.165, 1.54) is 7.11 Å². The first-order valence-corrected chi connectivity index (χ1v) is 7.30. The molecule has 0 heterocycles. The molecule has 0 bridgehead atoms. The summed E-state index contributed by atoms with van der Waals surface area (Å²) in [5, 5.41) is 3.38. The molecule has 0 radical (unpaired) electrons. The Balaban J connectivity index is 2.32. The predicted molar refractivity (Wildman–Crippen MR) is 89.2 cm³/mol. The predicted octanol–water partition coefficient (Wildman–Crippen LogP) is 4.25. The summed E-state index contributed by atoms with van der Waals surface area (Å²) < 4.78 is 5.94. The van der Waals surface area contributed by atoms with Gasteiger partial charge >= 0.3 is 0 Å². The Bertz CT molecular complexity index is 704. The van der Waals surface area contributed by atoms with Crippen LogP contribution in [0, 0.1) is 6.92 Å². The van der Waals surface area contributed by atoms with Gasteiger partial charge in [-0.05, 0) is 52.7 Å². The number of hydrogen-bond donors (Lipinski definition) is 2. The molecule has 0 aromatic heterocycles. The molecule has 4 nitrogen and oxygen atoms in total. The molecule has 6 heteroatoms. The van der Waals surface area contributed by atoms with E-state index in [0.29, 0.717) is 27.7 Å². The van der Waals surface area contributed by atoms with Gasteiger partial charge in [0.15, 0.2) is 0 Å². The van der Waals surface area contributed by atoms with Crippen LogP contribution in [0.3, 0.4) is 0 Å². The van der Waals surface area contributed by atoms with Gasteiger partial charge in [0.05, 0.1) is 18.4 Å². The minimum absolute atomic E-state index is 0.299. The molecular formula is C15H14BrClN2O2. The molecule has 0 saturated heterocycles. The lowest BCUT2D eigenvalue weighted by Crippen LogP contribution is -2.14. The topological polar surface area (TPSA) is 64.3 Å². The molecule has 2 aromatic rings. The normalized spacial score (nSPS) is 10.3. The van der Waals surface area contributed by atoms with Crippen molar-refractivity contribution in [3.8, 4) is 5.75 Å². The van der Waals surface area contributed by atoms with Crippen LogP contribution in [0.15, 0.2) is 34.8 Å². The van der Waals surface area contributed by atoms with Crippen molar-refractivity contribution in [3.05, 3.63) is 51.0 Å². The van der Waals surface area contributed by atoms with Gasteiger partial charge in [0.1, 0.15) is 5.75 Å². The number of carbonyl (C=O) groups excluding carboxylic acids is 1. The van der Waals surface area contributed by atoms with E-state index < -0.39 is 0 Å². The van der Waals surface area contributed by atoms with Crippen molar-refractivity contribution in [3.63, 3.8) is 0 Å². The molecule has 0 unspecified atom stereocenters. The maximum absolute atomic E-state index is 12.4. The van der Waals surface area contributed by atoms with E-state index in [9.17, 15) is 4.79 Å². The molecule has 0 aliphatic carbocycles. The maximum Gasteiger partial charge on any atom is 0.259 e. The second kappa shape index (κ2) is 6.37. The third-order valence-corrected chi connectivity index (χ3v) is 4.03. The molecule has 2 aromatic carbocycles. The smallest absolute Gasteiger partial charge is 0.259 e. The molecular weight excluding hydrogens is 356 g/mol. The summed E-state index contributed by atoms with van der Waals surface area (Å²) in [4.78, 5) is 12.4. The number of anilines is 2. The average molecular weight is 370 g/mol. The summed E-state index contributed by atoms with van der Waals surface area (Å²) in [6.45, 7) is 1.89. The third kappa shape index (κ3) is 3.49. The van der Waals surface area contributed by atoms with Crippen molar-refractivity contribution in [1.82, 2.24) is 0 Å². The molecule has 0 saturated carbocycles. The van der Waals surface area contributed by atoms with Crippen molar-refractivity contribution in [2.45, 2.75) is 6.92 Å². The van der Waals surface area contributed by atoms with Gasteiger partial charge in [-0.15, -0.1) is 0 Å². The molecule has 0 fully saturated rings. The molecule has 1 amide bonds. The first-order valence-electron chi connectivity index (χ1n) is 6.13. The average Bonchev–Trinajstić information content (AvgIpc) is 2.44. The molecule has 0 spiro atoms. The largest absolute Gasteiger partial charge is 0.496 e. The Morgan fingerprint density at radius 2 is 2.05 bits per heavy atom. The number of halogens is 2. The number of nitrogen functional groups attached to an aromatic ring is 1. The lowest BCUT2D eigenvalue weighted by atomic mass is 10.1.